The average Bonchev–Trinajstić information content (AvgIpc) is 2.55. The molecule has 1 aliphatic rings. The lowest BCUT2D eigenvalue weighted by Crippen LogP contribution is -2.17. The van der Waals surface area contributed by atoms with Crippen LogP contribution in [0, 0.1) is 0 Å². The molecule has 2 aromatic carbocycles. The topological polar surface area (TPSA) is 29.5 Å². The number of aryl methyl sites for hydroxylation is 1. The van der Waals surface area contributed by atoms with Crippen LogP contribution >= 0.6 is 0 Å². The highest BCUT2D eigenvalue weighted by atomic mass is 16.5. The van der Waals surface area contributed by atoms with Crippen LogP contribution in [0.1, 0.15) is 48.5 Å². The van der Waals surface area contributed by atoms with Gasteiger partial charge in [-0.1, -0.05) is 36.4 Å². The summed E-state index contributed by atoms with van der Waals surface area (Å²) in [6.07, 6.45) is 2.88. The molecule has 0 amide bonds. The van der Waals surface area contributed by atoms with Gasteiger partial charge in [0.1, 0.15) is 5.75 Å². The Kier molecular flexibility index (Phi) is 4.26. The Morgan fingerprint density at radius 1 is 1.14 bits per heavy atom. The normalized spacial score (nSPS) is 18.9. The van der Waals surface area contributed by atoms with Gasteiger partial charge in [-0.2, -0.15) is 0 Å². The van der Waals surface area contributed by atoms with Crippen LogP contribution in [0.5, 0.6) is 5.75 Å². The van der Waals surface area contributed by atoms with E-state index in [1.54, 1.807) is 0 Å². The van der Waals surface area contributed by atoms with E-state index in [2.05, 4.69) is 24.3 Å². The Labute approximate surface area is 126 Å². The third-order valence-corrected chi connectivity index (χ3v) is 4.33. The number of hydrogen-bond donors (Lipinski definition) is 1. The van der Waals surface area contributed by atoms with Crippen molar-refractivity contribution in [3.05, 3.63) is 65.2 Å². The van der Waals surface area contributed by atoms with Crippen LogP contribution < -0.4 is 4.74 Å². The van der Waals surface area contributed by atoms with Crippen LogP contribution in [-0.2, 0) is 6.42 Å². The van der Waals surface area contributed by atoms with Crippen molar-refractivity contribution in [2.24, 2.45) is 0 Å². The van der Waals surface area contributed by atoms with Crippen molar-refractivity contribution >= 4 is 0 Å². The molecular formula is C19H22O2. The largest absolute Gasteiger partial charge is 0.494 e. The van der Waals surface area contributed by atoms with Gasteiger partial charge in [0.2, 0.25) is 0 Å². The van der Waals surface area contributed by atoms with E-state index in [0.717, 1.165) is 30.6 Å². The van der Waals surface area contributed by atoms with Crippen molar-refractivity contribution in [3.8, 4) is 5.75 Å². The first-order chi connectivity index (χ1) is 10.3. The fourth-order valence-electron chi connectivity index (χ4n) is 3.28. The quantitative estimate of drug-likeness (QED) is 0.909. The smallest absolute Gasteiger partial charge is 0.119 e. The number of benzene rings is 2. The number of aliphatic hydroxyl groups excluding tert-OH is 1. The molecular weight excluding hydrogens is 260 g/mol. The van der Waals surface area contributed by atoms with E-state index in [9.17, 15) is 5.11 Å². The number of hydrogen-bond acceptors (Lipinski definition) is 2. The van der Waals surface area contributed by atoms with Crippen LogP contribution in [0.15, 0.2) is 48.5 Å². The molecule has 0 saturated carbocycles. The second-order valence-corrected chi connectivity index (χ2v) is 5.64. The maximum absolute atomic E-state index is 10.8. The zero-order valence-corrected chi connectivity index (χ0v) is 12.5. The van der Waals surface area contributed by atoms with Crippen molar-refractivity contribution in [2.75, 3.05) is 6.61 Å². The summed E-state index contributed by atoms with van der Waals surface area (Å²) >= 11 is 0. The van der Waals surface area contributed by atoms with E-state index in [0.29, 0.717) is 6.61 Å². The molecule has 0 radical (unpaired) electrons. The Balaban J connectivity index is 1.84. The van der Waals surface area contributed by atoms with E-state index in [1.807, 2.05) is 31.2 Å². The van der Waals surface area contributed by atoms with Crippen molar-refractivity contribution in [2.45, 2.75) is 38.2 Å². The minimum Gasteiger partial charge on any atom is -0.494 e. The molecule has 0 aliphatic heterocycles. The fourth-order valence-corrected chi connectivity index (χ4v) is 3.28. The molecule has 0 fully saturated rings. The minimum absolute atomic E-state index is 0.202. The predicted molar refractivity (Wildman–Crippen MR) is 84.7 cm³/mol. The van der Waals surface area contributed by atoms with Gasteiger partial charge in [-0.3, -0.25) is 0 Å². The summed E-state index contributed by atoms with van der Waals surface area (Å²) in [6, 6.07) is 16.4. The van der Waals surface area contributed by atoms with Crippen LogP contribution in [0.25, 0.3) is 0 Å². The average molecular weight is 282 g/mol. The zero-order valence-electron chi connectivity index (χ0n) is 12.5. The first-order valence-electron chi connectivity index (χ1n) is 7.78. The van der Waals surface area contributed by atoms with Crippen molar-refractivity contribution in [1.82, 2.24) is 0 Å². The van der Waals surface area contributed by atoms with Gasteiger partial charge in [-0.05, 0) is 55.0 Å². The monoisotopic (exact) mass is 282 g/mol. The van der Waals surface area contributed by atoms with E-state index in [4.69, 9.17) is 4.74 Å². The molecule has 3 rings (SSSR count). The molecule has 0 spiro atoms. The van der Waals surface area contributed by atoms with E-state index >= 15 is 0 Å². The highest BCUT2D eigenvalue weighted by Crippen LogP contribution is 2.40. The van der Waals surface area contributed by atoms with Gasteiger partial charge < -0.3 is 9.84 Å². The molecule has 0 saturated heterocycles. The summed E-state index contributed by atoms with van der Waals surface area (Å²) in [6.45, 7) is 2.64. The van der Waals surface area contributed by atoms with Gasteiger partial charge in [0, 0.05) is 5.92 Å². The predicted octanol–water partition coefficient (Wildman–Crippen LogP) is 4.24. The summed E-state index contributed by atoms with van der Waals surface area (Å²) < 4.78 is 5.46. The van der Waals surface area contributed by atoms with Crippen LogP contribution in [0.4, 0.5) is 0 Å². The standard InChI is InChI=1S/C19H22O2/c1-2-21-16-12-10-15(11-13-16)19(20)18-9-5-7-14-6-3-4-8-17(14)18/h3-4,6,8,10-13,18-20H,2,5,7,9H2,1H3. The Morgan fingerprint density at radius 3 is 2.67 bits per heavy atom. The molecule has 2 atom stereocenters. The van der Waals surface area contributed by atoms with Gasteiger partial charge >= 0.3 is 0 Å². The maximum atomic E-state index is 10.8. The van der Waals surface area contributed by atoms with Gasteiger partial charge in [-0.25, -0.2) is 0 Å². The first kappa shape index (κ1) is 14.2. The van der Waals surface area contributed by atoms with E-state index in [-0.39, 0.29) is 5.92 Å². The molecule has 0 heterocycles. The number of aliphatic hydroxyl groups is 1. The Morgan fingerprint density at radius 2 is 1.90 bits per heavy atom. The molecule has 2 unspecified atom stereocenters. The molecule has 1 aliphatic carbocycles. The highest BCUT2D eigenvalue weighted by molar-refractivity contribution is 5.36. The van der Waals surface area contributed by atoms with E-state index in [1.165, 1.54) is 11.1 Å². The van der Waals surface area contributed by atoms with Crippen LogP contribution in [0.2, 0.25) is 0 Å². The van der Waals surface area contributed by atoms with Gasteiger partial charge in [-0.15, -0.1) is 0 Å². The molecule has 110 valence electrons. The van der Waals surface area contributed by atoms with Gasteiger partial charge in [0.25, 0.3) is 0 Å². The Hall–Kier alpha value is -1.80. The molecule has 0 bridgehead atoms. The summed E-state index contributed by atoms with van der Waals surface area (Å²) in [5, 5.41) is 10.8. The van der Waals surface area contributed by atoms with Crippen LogP contribution in [0.3, 0.4) is 0 Å². The lowest BCUT2D eigenvalue weighted by molar-refractivity contribution is 0.136. The third-order valence-electron chi connectivity index (χ3n) is 4.33. The lowest BCUT2D eigenvalue weighted by Gasteiger charge is -2.29. The SMILES string of the molecule is CCOc1ccc(C(O)C2CCCc3ccccc32)cc1. The third kappa shape index (κ3) is 2.96. The molecule has 1 N–H and O–H groups in total. The summed E-state index contributed by atoms with van der Waals surface area (Å²) in [5.74, 6) is 1.06. The maximum Gasteiger partial charge on any atom is 0.119 e. The molecule has 2 aromatic rings. The molecule has 0 aromatic heterocycles. The van der Waals surface area contributed by atoms with Crippen molar-refractivity contribution in [1.29, 1.82) is 0 Å². The number of rotatable bonds is 4. The summed E-state index contributed by atoms with van der Waals surface area (Å²) in [4.78, 5) is 0. The molecule has 2 nitrogen and oxygen atoms in total. The van der Waals surface area contributed by atoms with Gasteiger partial charge in [0.15, 0.2) is 0 Å². The molecule has 2 heteroatoms. The minimum atomic E-state index is -0.442. The highest BCUT2D eigenvalue weighted by Gasteiger charge is 2.27. The fraction of sp³-hybridized carbons (Fsp3) is 0.368. The summed E-state index contributed by atoms with van der Waals surface area (Å²) in [5.41, 5.74) is 3.67. The van der Waals surface area contributed by atoms with Crippen molar-refractivity contribution < 1.29 is 9.84 Å². The van der Waals surface area contributed by atoms with Crippen molar-refractivity contribution in [3.63, 3.8) is 0 Å². The molecule has 21 heavy (non-hydrogen) atoms. The van der Waals surface area contributed by atoms with Gasteiger partial charge in [0.05, 0.1) is 12.7 Å². The van der Waals surface area contributed by atoms with E-state index < -0.39 is 6.10 Å². The second kappa shape index (κ2) is 6.31. The number of ether oxygens (including phenoxy) is 1. The zero-order chi connectivity index (χ0) is 14.7. The second-order valence-electron chi connectivity index (χ2n) is 5.64. The first-order valence-corrected chi connectivity index (χ1v) is 7.78. The number of fused-ring (bicyclic) bond motifs is 1. The lowest BCUT2D eigenvalue weighted by atomic mass is 9.78. The van der Waals surface area contributed by atoms with Crippen LogP contribution in [-0.4, -0.2) is 11.7 Å². The Bertz CT molecular complexity index is 589. The summed E-state index contributed by atoms with van der Waals surface area (Å²) in [7, 11) is 0.